The van der Waals surface area contributed by atoms with Gasteiger partial charge in [-0.1, -0.05) is 12.1 Å². The predicted molar refractivity (Wildman–Crippen MR) is 100 cm³/mol. The number of carbonyl (C=O) groups is 1. The molecule has 2 aromatic heterocycles. The van der Waals surface area contributed by atoms with Gasteiger partial charge in [0.1, 0.15) is 16.8 Å². The van der Waals surface area contributed by atoms with Crippen LogP contribution in [0.15, 0.2) is 33.9 Å². The van der Waals surface area contributed by atoms with Crippen LogP contribution < -0.4 is 21.0 Å². The van der Waals surface area contributed by atoms with E-state index >= 15 is 0 Å². The van der Waals surface area contributed by atoms with Crippen molar-refractivity contribution in [3.63, 3.8) is 0 Å². The van der Waals surface area contributed by atoms with Gasteiger partial charge in [-0.05, 0) is 24.1 Å². The normalized spacial score (nSPS) is 13.7. The molecule has 0 saturated carbocycles. The summed E-state index contributed by atoms with van der Waals surface area (Å²) in [6.45, 7) is 0. The van der Waals surface area contributed by atoms with E-state index in [9.17, 15) is 14.4 Å². The molecule has 7 nitrogen and oxygen atoms in total. The van der Waals surface area contributed by atoms with Crippen LogP contribution in [-0.2, 0) is 20.5 Å². The second-order valence-corrected chi connectivity index (χ2v) is 6.79. The Bertz CT molecular complexity index is 1200. The van der Waals surface area contributed by atoms with Crippen molar-refractivity contribution >= 4 is 16.8 Å². The van der Waals surface area contributed by atoms with E-state index in [0.717, 1.165) is 22.2 Å². The molecule has 4 rings (SSSR count). The van der Waals surface area contributed by atoms with E-state index in [4.69, 9.17) is 4.74 Å². The predicted octanol–water partition coefficient (Wildman–Crippen LogP) is 1.25. The Labute approximate surface area is 154 Å². The van der Waals surface area contributed by atoms with E-state index in [1.54, 1.807) is 26.3 Å². The van der Waals surface area contributed by atoms with Crippen molar-refractivity contribution in [1.82, 2.24) is 9.13 Å². The lowest BCUT2D eigenvalue weighted by atomic mass is 9.86. The van der Waals surface area contributed by atoms with Gasteiger partial charge < -0.3 is 4.74 Å². The van der Waals surface area contributed by atoms with Gasteiger partial charge in [0.25, 0.3) is 11.2 Å². The summed E-state index contributed by atoms with van der Waals surface area (Å²) in [7, 11) is 4.65. The summed E-state index contributed by atoms with van der Waals surface area (Å²) in [5.41, 5.74) is 2.26. The zero-order valence-electron chi connectivity index (χ0n) is 15.5. The number of pyridine rings is 1. The molecule has 0 amide bonds. The van der Waals surface area contributed by atoms with E-state index < -0.39 is 11.2 Å². The van der Waals surface area contributed by atoms with Crippen molar-refractivity contribution in [2.45, 2.75) is 19.3 Å². The third kappa shape index (κ3) is 2.50. The van der Waals surface area contributed by atoms with Crippen LogP contribution in [0.1, 0.15) is 28.9 Å². The third-order valence-corrected chi connectivity index (χ3v) is 5.22. The lowest BCUT2D eigenvalue weighted by Gasteiger charge is -2.18. The van der Waals surface area contributed by atoms with Crippen LogP contribution in [-0.4, -0.2) is 22.0 Å². The molecule has 0 spiro atoms. The van der Waals surface area contributed by atoms with E-state index in [1.165, 1.54) is 11.6 Å². The first-order chi connectivity index (χ1) is 12.9. The topological polar surface area (TPSA) is 84.4 Å². The zero-order valence-corrected chi connectivity index (χ0v) is 15.5. The zero-order chi connectivity index (χ0) is 19.3. The Morgan fingerprint density at radius 2 is 1.67 bits per heavy atom. The summed E-state index contributed by atoms with van der Waals surface area (Å²) in [6.07, 6.45) is 1.89. The molecule has 3 aromatic rings. The van der Waals surface area contributed by atoms with Crippen LogP contribution in [0.4, 0.5) is 0 Å². The number of ketones is 1. The maximum absolute atomic E-state index is 13.0. The Morgan fingerprint density at radius 1 is 0.963 bits per heavy atom. The first kappa shape index (κ1) is 17.2. The average molecular weight is 366 g/mol. The largest absolute Gasteiger partial charge is 0.497 e. The Kier molecular flexibility index (Phi) is 3.95. The van der Waals surface area contributed by atoms with Crippen molar-refractivity contribution in [2.24, 2.45) is 14.1 Å². The lowest BCUT2D eigenvalue weighted by molar-refractivity contribution is -0.363. The number of aromatic amines is 1. The van der Waals surface area contributed by atoms with Crippen molar-refractivity contribution in [3.8, 4) is 16.9 Å². The number of nitrogens with zero attached hydrogens (tertiary/aromatic N) is 2. The van der Waals surface area contributed by atoms with Crippen LogP contribution in [0.25, 0.3) is 22.2 Å². The van der Waals surface area contributed by atoms with Gasteiger partial charge >= 0.3 is 5.69 Å². The number of H-pyrrole nitrogens is 1. The molecule has 138 valence electrons. The van der Waals surface area contributed by atoms with Gasteiger partial charge in [-0.25, -0.2) is 14.3 Å². The molecule has 0 saturated heterocycles. The molecule has 1 aromatic carbocycles. The highest BCUT2D eigenvalue weighted by Crippen LogP contribution is 2.34. The molecule has 7 heteroatoms. The van der Waals surface area contributed by atoms with Gasteiger partial charge in [-0.2, -0.15) is 4.57 Å². The number of methoxy groups -OCH3 is 1. The smallest absolute Gasteiger partial charge is 0.417 e. The SMILES string of the molecule is COc1ccc(-c2c3c([nH+]c4c2c(=O)n(C)c(=O)n4C)CCCC3=O)cc1. The van der Waals surface area contributed by atoms with Crippen molar-refractivity contribution in [1.29, 1.82) is 0 Å². The molecule has 0 atom stereocenters. The van der Waals surface area contributed by atoms with Gasteiger partial charge in [0.05, 0.1) is 19.7 Å². The van der Waals surface area contributed by atoms with E-state index in [0.29, 0.717) is 40.8 Å². The lowest BCUT2D eigenvalue weighted by Crippen LogP contribution is -2.41. The number of aromatic nitrogens is 3. The summed E-state index contributed by atoms with van der Waals surface area (Å²) in [6, 6.07) is 7.26. The van der Waals surface area contributed by atoms with Gasteiger partial charge in [0.2, 0.25) is 0 Å². The van der Waals surface area contributed by atoms with Gasteiger partial charge in [0.15, 0.2) is 5.78 Å². The standard InChI is InChI=1S/C20H19N3O4/c1-22-18-17(19(25)23(2)20(22)26)15(11-7-9-12(27-3)10-8-11)16-13(21-18)5-4-6-14(16)24/h7-10H,4-6H2,1-3H3/p+1. The number of hydrogen-bond donors (Lipinski definition) is 0. The Hall–Kier alpha value is -3.22. The van der Waals surface area contributed by atoms with Crippen LogP contribution in [0.5, 0.6) is 5.75 Å². The van der Waals surface area contributed by atoms with Crippen LogP contribution >= 0.6 is 0 Å². The number of hydrogen-bond acceptors (Lipinski definition) is 4. The number of rotatable bonds is 2. The second-order valence-electron chi connectivity index (χ2n) is 6.79. The summed E-state index contributed by atoms with van der Waals surface area (Å²) >= 11 is 0. The minimum Gasteiger partial charge on any atom is -0.497 e. The summed E-state index contributed by atoms with van der Waals surface area (Å²) < 4.78 is 7.71. The molecule has 0 aliphatic heterocycles. The number of ether oxygens (including phenoxy) is 1. The maximum atomic E-state index is 13.0. The summed E-state index contributed by atoms with van der Waals surface area (Å²) in [4.78, 5) is 41.4. The number of fused-ring (bicyclic) bond motifs is 2. The maximum Gasteiger partial charge on any atom is 0.417 e. The van der Waals surface area contributed by atoms with Crippen molar-refractivity contribution < 1.29 is 14.5 Å². The average Bonchev–Trinajstić information content (AvgIpc) is 2.69. The molecule has 1 N–H and O–H groups in total. The van der Waals surface area contributed by atoms with Crippen molar-refractivity contribution in [3.05, 3.63) is 56.4 Å². The molecule has 0 unspecified atom stereocenters. The van der Waals surface area contributed by atoms with Gasteiger partial charge in [-0.3, -0.25) is 9.59 Å². The second kappa shape index (κ2) is 6.19. The molecule has 0 bridgehead atoms. The number of aryl methyl sites for hydroxylation is 2. The number of benzene rings is 1. The highest BCUT2D eigenvalue weighted by Gasteiger charge is 2.31. The van der Waals surface area contributed by atoms with Crippen molar-refractivity contribution in [2.75, 3.05) is 7.11 Å². The fourth-order valence-corrected chi connectivity index (χ4v) is 3.79. The highest BCUT2D eigenvalue weighted by atomic mass is 16.5. The molecule has 1 aliphatic carbocycles. The Morgan fingerprint density at radius 3 is 2.33 bits per heavy atom. The van der Waals surface area contributed by atoms with Crippen LogP contribution in [0.2, 0.25) is 0 Å². The quantitative estimate of drug-likeness (QED) is 0.683. The number of nitrogens with one attached hydrogen (secondary N) is 1. The molecular weight excluding hydrogens is 346 g/mol. The van der Waals surface area contributed by atoms with E-state index in [-0.39, 0.29) is 5.78 Å². The minimum absolute atomic E-state index is 0.0103. The van der Waals surface area contributed by atoms with E-state index in [2.05, 4.69) is 4.98 Å². The molecule has 1 aliphatic rings. The van der Waals surface area contributed by atoms with Crippen LogP contribution in [0, 0.1) is 0 Å². The third-order valence-electron chi connectivity index (χ3n) is 5.22. The molecule has 2 heterocycles. The summed E-state index contributed by atoms with van der Waals surface area (Å²) in [5.74, 6) is 0.696. The molecule has 0 radical (unpaired) electrons. The molecular formula is C20H20N3O4+. The Balaban J connectivity index is 2.23. The fraction of sp³-hybridized carbons (Fsp3) is 0.300. The molecule has 27 heavy (non-hydrogen) atoms. The highest BCUT2D eigenvalue weighted by molar-refractivity contribution is 6.09. The van der Waals surface area contributed by atoms with Gasteiger partial charge in [0, 0.05) is 25.5 Å². The molecule has 0 fully saturated rings. The fourth-order valence-electron chi connectivity index (χ4n) is 3.79. The number of carbonyl (C=O) groups excluding carboxylic acids is 1. The monoisotopic (exact) mass is 366 g/mol. The van der Waals surface area contributed by atoms with E-state index in [1.807, 2.05) is 12.1 Å². The van der Waals surface area contributed by atoms with Crippen LogP contribution in [0.3, 0.4) is 0 Å². The summed E-state index contributed by atoms with van der Waals surface area (Å²) in [5, 5.41) is 0.346. The number of Topliss-reactive ketones (excluding diaryl/α,β-unsaturated/α-hetero) is 1. The minimum atomic E-state index is -0.420. The van der Waals surface area contributed by atoms with Gasteiger partial charge in [-0.15, -0.1) is 0 Å². The first-order valence-corrected chi connectivity index (χ1v) is 8.79. The first-order valence-electron chi connectivity index (χ1n) is 8.79.